The molecule has 0 radical (unpaired) electrons. The van der Waals surface area contributed by atoms with E-state index in [1.54, 1.807) is 23.0 Å². The van der Waals surface area contributed by atoms with Gasteiger partial charge in [-0.25, -0.2) is 13.8 Å². The molecule has 3 aromatic rings. The lowest BCUT2D eigenvalue weighted by atomic mass is 9.57. The minimum absolute atomic E-state index is 0.268. The molecule has 1 fully saturated rings. The first-order chi connectivity index (χ1) is 14.5. The molecule has 4 heterocycles. The van der Waals surface area contributed by atoms with Crippen molar-refractivity contribution in [3.05, 3.63) is 41.6 Å². The van der Waals surface area contributed by atoms with Crippen molar-refractivity contribution >= 4 is 27.3 Å². The number of aromatic nitrogens is 4. The van der Waals surface area contributed by atoms with E-state index in [1.807, 2.05) is 15.7 Å². The standard InChI is InChI=1S/C19H22B2FN5O3/c20-19(21,16-12-4-6-29-14(12)2-1-13(16)22)25-18-23-7-15(17-26-24-10-27(17)18)30-9-11-3-5-28-8-11/h1-2,7,10-11H,3-6,8-9,20-21H2,(H,23,25). The van der Waals surface area contributed by atoms with Crippen molar-refractivity contribution in [2.24, 2.45) is 5.92 Å². The molecule has 0 saturated carbocycles. The molecule has 2 aliphatic heterocycles. The minimum Gasteiger partial charge on any atom is -0.493 e. The van der Waals surface area contributed by atoms with Crippen molar-refractivity contribution in [2.45, 2.75) is 18.2 Å². The van der Waals surface area contributed by atoms with Crippen molar-refractivity contribution in [3.8, 4) is 11.5 Å². The van der Waals surface area contributed by atoms with Crippen LogP contribution in [-0.2, 0) is 16.5 Å². The topological polar surface area (TPSA) is 82.8 Å². The molecular formula is C19H22B2FN5O3. The van der Waals surface area contributed by atoms with E-state index in [2.05, 4.69) is 20.5 Å². The number of rotatable bonds is 6. The molecule has 2 aliphatic rings. The third-order valence-electron chi connectivity index (χ3n) is 5.68. The van der Waals surface area contributed by atoms with Crippen molar-refractivity contribution in [2.75, 3.05) is 31.7 Å². The Bertz CT molecular complexity index is 1090. The van der Waals surface area contributed by atoms with Gasteiger partial charge in [-0.15, -0.1) is 10.2 Å². The van der Waals surface area contributed by atoms with Crippen LogP contribution in [0.5, 0.6) is 11.5 Å². The van der Waals surface area contributed by atoms with Crippen molar-refractivity contribution in [3.63, 3.8) is 0 Å². The Balaban J connectivity index is 1.44. The first-order valence-electron chi connectivity index (χ1n) is 10.1. The van der Waals surface area contributed by atoms with Crippen LogP contribution in [0, 0.1) is 11.7 Å². The minimum atomic E-state index is -0.739. The summed E-state index contributed by atoms with van der Waals surface area (Å²) in [5.74, 6) is 1.91. The Morgan fingerprint density at radius 2 is 2.23 bits per heavy atom. The fourth-order valence-corrected chi connectivity index (χ4v) is 4.18. The Hall–Kier alpha value is -2.81. The van der Waals surface area contributed by atoms with Crippen molar-refractivity contribution in [1.29, 1.82) is 0 Å². The monoisotopic (exact) mass is 409 g/mol. The van der Waals surface area contributed by atoms with E-state index >= 15 is 0 Å². The maximum absolute atomic E-state index is 14.8. The van der Waals surface area contributed by atoms with Gasteiger partial charge in [0.2, 0.25) is 11.6 Å². The summed E-state index contributed by atoms with van der Waals surface area (Å²) in [6.45, 7) is 2.59. The number of halogens is 1. The van der Waals surface area contributed by atoms with E-state index in [0.717, 1.165) is 24.3 Å². The van der Waals surface area contributed by atoms with E-state index < -0.39 is 5.34 Å². The van der Waals surface area contributed by atoms with Crippen LogP contribution in [0.25, 0.3) is 5.65 Å². The van der Waals surface area contributed by atoms with Gasteiger partial charge in [-0.05, 0) is 18.6 Å². The molecular weight excluding hydrogens is 387 g/mol. The van der Waals surface area contributed by atoms with Crippen LogP contribution < -0.4 is 14.8 Å². The van der Waals surface area contributed by atoms with Crippen molar-refractivity contribution in [1.82, 2.24) is 19.6 Å². The molecule has 0 spiro atoms. The molecule has 11 heteroatoms. The van der Waals surface area contributed by atoms with Gasteiger partial charge in [0.05, 0.1) is 26.0 Å². The molecule has 1 saturated heterocycles. The zero-order valence-electron chi connectivity index (χ0n) is 17.0. The molecule has 2 aromatic heterocycles. The predicted molar refractivity (Wildman–Crippen MR) is 113 cm³/mol. The molecule has 154 valence electrons. The van der Waals surface area contributed by atoms with Gasteiger partial charge in [0, 0.05) is 35.4 Å². The number of nitrogens with one attached hydrogen (secondary N) is 1. The van der Waals surface area contributed by atoms with E-state index in [9.17, 15) is 4.39 Å². The molecule has 1 unspecified atom stereocenters. The highest BCUT2D eigenvalue weighted by atomic mass is 19.1. The molecule has 5 rings (SSSR count). The summed E-state index contributed by atoms with van der Waals surface area (Å²) in [6.07, 6.45) is 4.87. The molecule has 30 heavy (non-hydrogen) atoms. The average molecular weight is 409 g/mol. The van der Waals surface area contributed by atoms with E-state index in [1.165, 1.54) is 6.07 Å². The summed E-state index contributed by atoms with van der Waals surface area (Å²) in [6, 6.07) is 3.14. The number of hydrogen-bond donors (Lipinski definition) is 1. The summed E-state index contributed by atoms with van der Waals surface area (Å²) in [4.78, 5) is 4.52. The van der Waals surface area contributed by atoms with Gasteiger partial charge < -0.3 is 19.5 Å². The highest BCUT2D eigenvalue weighted by Crippen LogP contribution is 2.35. The first kappa shape index (κ1) is 19.2. The van der Waals surface area contributed by atoms with Crippen LogP contribution in [0.3, 0.4) is 0 Å². The molecule has 0 aliphatic carbocycles. The maximum Gasteiger partial charge on any atom is 0.209 e. The molecule has 1 aromatic carbocycles. The van der Waals surface area contributed by atoms with E-state index in [-0.39, 0.29) is 5.82 Å². The van der Waals surface area contributed by atoms with E-state index in [0.29, 0.717) is 55.1 Å². The number of fused-ring (bicyclic) bond motifs is 2. The number of nitrogens with zero attached hydrogens (tertiary/aromatic N) is 4. The third kappa shape index (κ3) is 3.36. The van der Waals surface area contributed by atoms with Gasteiger partial charge in [0.1, 0.15) is 33.6 Å². The van der Waals surface area contributed by atoms with Gasteiger partial charge in [-0.1, -0.05) is 0 Å². The second kappa shape index (κ2) is 7.46. The van der Waals surface area contributed by atoms with Crippen LogP contribution in [0.2, 0.25) is 0 Å². The largest absolute Gasteiger partial charge is 0.493 e. The quantitative estimate of drug-likeness (QED) is 0.579. The lowest BCUT2D eigenvalue weighted by Gasteiger charge is -2.30. The van der Waals surface area contributed by atoms with Crippen LogP contribution in [0.4, 0.5) is 10.3 Å². The second-order valence-corrected chi connectivity index (χ2v) is 8.26. The highest BCUT2D eigenvalue weighted by Gasteiger charge is 2.32. The Morgan fingerprint density at radius 3 is 3.07 bits per heavy atom. The normalized spacial score (nSPS) is 18.4. The number of hydrogen-bond acceptors (Lipinski definition) is 7. The summed E-state index contributed by atoms with van der Waals surface area (Å²) in [7, 11) is 3.85. The molecule has 0 bridgehead atoms. The van der Waals surface area contributed by atoms with Crippen LogP contribution >= 0.6 is 0 Å². The van der Waals surface area contributed by atoms with Gasteiger partial charge in [0.15, 0.2) is 5.75 Å². The molecule has 1 atom stereocenters. The maximum atomic E-state index is 14.8. The number of benzene rings is 1. The summed E-state index contributed by atoms with van der Waals surface area (Å²) in [5.41, 5.74) is 2.04. The summed E-state index contributed by atoms with van der Waals surface area (Å²) >= 11 is 0. The lowest BCUT2D eigenvalue weighted by molar-refractivity contribution is 0.167. The highest BCUT2D eigenvalue weighted by molar-refractivity contribution is 6.41. The molecule has 8 nitrogen and oxygen atoms in total. The second-order valence-electron chi connectivity index (χ2n) is 8.26. The summed E-state index contributed by atoms with van der Waals surface area (Å²) < 4.78 is 33.5. The van der Waals surface area contributed by atoms with E-state index in [4.69, 9.17) is 14.2 Å². The first-order valence-corrected chi connectivity index (χ1v) is 10.1. The molecule has 0 amide bonds. The lowest BCUT2D eigenvalue weighted by Crippen LogP contribution is -2.39. The molecule has 1 N–H and O–H groups in total. The van der Waals surface area contributed by atoms with Gasteiger partial charge in [-0.3, -0.25) is 0 Å². The van der Waals surface area contributed by atoms with Crippen molar-refractivity contribution < 1.29 is 18.6 Å². The van der Waals surface area contributed by atoms with Gasteiger partial charge in [0.25, 0.3) is 0 Å². The van der Waals surface area contributed by atoms with Crippen LogP contribution in [0.15, 0.2) is 24.7 Å². The third-order valence-corrected chi connectivity index (χ3v) is 5.68. The zero-order valence-corrected chi connectivity index (χ0v) is 17.0. The number of anilines is 1. The summed E-state index contributed by atoms with van der Waals surface area (Å²) in [5, 5.41) is 10.8. The Labute approximate surface area is 175 Å². The average Bonchev–Trinajstić information content (AvgIpc) is 3.47. The SMILES string of the molecule is BC(B)(Nc1ncc(OCC2CCOC2)c2nncn12)c1c(F)ccc2c1CCO2. The fourth-order valence-electron chi connectivity index (χ4n) is 4.18. The van der Waals surface area contributed by atoms with Crippen LogP contribution in [0.1, 0.15) is 17.5 Å². The Kier molecular flexibility index (Phi) is 4.77. The van der Waals surface area contributed by atoms with Gasteiger partial charge in [-0.2, -0.15) is 0 Å². The van der Waals surface area contributed by atoms with Gasteiger partial charge >= 0.3 is 0 Å². The predicted octanol–water partition coefficient (Wildman–Crippen LogP) is 0.102. The fraction of sp³-hybridized carbons (Fsp3) is 0.421. The van der Waals surface area contributed by atoms with Crippen LogP contribution in [-0.4, -0.2) is 61.7 Å². The Morgan fingerprint density at radius 1 is 1.33 bits per heavy atom. The zero-order chi connectivity index (χ0) is 20.7. The number of ether oxygens (including phenoxy) is 3. The smallest absolute Gasteiger partial charge is 0.209 e.